The molecule has 4 atom stereocenters. The number of carbonyl (C=O) groups is 2. The van der Waals surface area contributed by atoms with E-state index in [-0.39, 0.29) is 11.7 Å². The molecule has 0 spiro atoms. The fourth-order valence-corrected chi connectivity index (χ4v) is 4.68. The number of hydrogen-bond acceptors (Lipinski definition) is 4. The summed E-state index contributed by atoms with van der Waals surface area (Å²) in [6, 6.07) is 16.8. The molecule has 0 aliphatic carbocycles. The van der Waals surface area contributed by atoms with Crippen LogP contribution in [-0.2, 0) is 16.0 Å². The molecule has 2 aliphatic heterocycles. The Morgan fingerprint density at radius 3 is 2.52 bits per heavy atom. The van der Waals surface area contributed by atoms with Crippen LogP contribution >= 0.6 is 0 Å². The number of rotatable bonds is 6. The van der Waals surface area contributed by atoms with E-state index in [1.807, 2.05) is 37.3 Å². The molecular weight excluding hydrogens is 390 g/mol. The molecule has 0 bridgehead atoms. The molecule has 1 fully saturated rings. The highest BCUT2D eigenvalue weighted by Crippen LogP contribution is 2.42. The first-order chi connectivity index (χ1) is 14.9. The fourth-order valence-electron chi connectivity index (χ4n) is 4.68. The molecule has 0 unspecified atom stereocenters. The molecular formula is C26H29NO4. The summed E-state index contributed by atoms with van der Waals surface area (Å²) in [5.41, 5.74) is 1.34. The SMILES string of the molecule is CC(=O)[C@]1(CCc2ccc(C)cc2)C/C=C\CN2C(=O)[C@H](Oc3ccccc3)[C@@H]2[C@@H]1O. The standard InChI is InChI=1S/C26H29NO4/c1-18-10-12-20(13-11-18)14-16-26(19(2)28)15-6-7-17-27-22(24(26)29)23(25(27)30)31-21-8-4-3-5-9-21/h3-13,22-24,29H,14-17H2,1-2H3/b7-6-/t22-,23-,24+,26-/m1/s1. The van der Waals surface area contributed by atoms with E-state index in [4.69, 9.17) is 4.74 Å². The largest absolute Gasteiger partial charge is 0.478 e. The van der Waals surface area contributed by atoms with E-state index in [1.165, 1.54) is 5.56 Å². The number of aryl methyl sites for hydroxylation is 2. The van der Waals surface area contributed by atoms with Crippen molar-refractivity contribution in [1.82, 2.24) is 4.90 Å². The van der Waals surface area contributed by atoms with E-state index in [0.29, 0.717) is 31.6 Å². The Balaban J connectivity index is 1.61. The van der Waals surface area contributed by atoms with Crippen LogP contribution in [-0.4, -0.2) is 46.5 Å². The van der Waals surface area contributed by atoms with E-state index in [2.05, 4.69) is 24.3 Å². The van der Waals surface area contributed by atoms with Crippen LogP contribution in [0.25, 0.3) is 0 Å². The maximum Gasteiger partial charge on any atom is 0.266 e. The van der Waals surface area contributed by atoms with Crippen LogP contribution < -0.4 is 4.74 Å². The van der Waals surface area contributed by atoms with Crippen LogP contribution in [0.2, 0.25) is 0 Å². The lowest BCUT2D eigenvalue weighted by Gasteiger charge is -2.53. The molecule has 4 rings (SSSR count). The second-order valence-electron chi connectivity index (χ2n) is 8.65. The van der Waals surface area contributed by atoms with Crippen LogP contribution in [0.4, 0.5) is 0 Å². The number of para-hydroxylation sites is 1. The Morgan fingerprint density at radius 1 is 1.13 bits per heavy atom. The Kier molecular flexibility index (Phi) is 5.96. The van der Waals surface area contributed by atoms with Crippen molar-refractivity contribution in [3.8, 4) is 5.75 Å². The van der Waals surface area contributed by atoms with Crippen molar-refractivity contribution in [3.63, 3.8) is 0 Å². The van der Waals surface area contributed by atoms with Gasteiger partial charge in [-0.15, -0.1) is 0 Å². The van der Waals surface area contributed by atoms with Crippen LogP contribution in [0.15, 0.2) is 66.7 Å². The zero-order valence-electron chi connectivity index (χ0n) is 18.0. The maximum absolute atomic E-state index is 13.0. The van der Waals surface area contributed by atoms with Gasteiger partial charge in [0, 0.05) is 6.54 Å². The molecule has 5 nitrogen and oxygen atoms in total. The number of benzene rings is 2. The van der Waals surface area contributed by atoms with Gasteiger partial charge in [-0.3, -0.25) is 9.59 Å². The highest BCUT2D eigenvalue weighted by molar-refractivity contribution is 5.90. The lowest BCUT2D eigenvalue weighted by Crippen LogP contribution is -2.74. The molecule has 31 heavy (non-hydrogen) atoms. The number of ketones is 1. The number of carbonyl (C=O) groups excluding carboxylic acids is 2. The summed E-state index contributed by atoms with van der Waals surface area (Å²) in [4.78, 5) is 27.4. The average molecular weight is 420 g/mol. The Labute approximate surface area is 183 Å². The van der Waals surface area contributed by atoms with E-state index in [0.717, 1.165) is 5.56 Å². The summed E-state index contributed by atoms with van der Waals surface area (Å²) in [6.07, 6.45) is 3.68. The number of ether oxygens (including phenoxy) is 1. The zero-order valence-corrected chi connectivity index (χ0v) is 18.0. The van der Waals surface area contributed by atoms with Gasteiger partial charge in [-0.1, -0.05) is 60.2 Å². The van der Waals surface area contributed by atoms with E-state index < -0.39 is 23.7 Å². The van der Waals surface area contributed by atoms with Gasteiger partial charge in [0.05, 0.1) is 11.5 Å². The summed E-state index contributed by atoms with van der Waals surface area (Å²) in [6.45, 7) is 4.01. The fraction of sp³-hybridized carbons (Fsp3) is 0.385. The third-order valence-electron chi connectivity index (χ3n) is 6.72. The first-order valence-electron chi connectivity index (χ1n) is 10.8. The Morgan fingerprint density at radius 2 is 1.84 bits per heavy atom. The Hall–Kier alpha value is -2.92. The lowest BCUT2D eigenvalue weighted by molar-refractivity contribution is -0.183. The van der Waals surface area contributed by atoms with Gasteiger partial charge in [-0.05, 0) is 50.8 Å². The van der Waals surface area contributed by atoms with Gasteiger partial charge in [0.15, 0.2) is 6.10 Å². The molecule has 2 heterocycles. The van der Waals surface area contributed by atoms with Crippen LogP contribution in [0.1, 0.15) is 30.9 Å². The van der Waals surface area contributed by atoms with Crippen molar-refractivity contribution < 1.29 is 19.4 Å². The molecule has 2 aromatic rings. The number of β-lactam (4-membered cyclic amide) rings is 1. The molecule has 0 radical (unpaired) electrons. The Bertz CT molecular complexity index is 969. The van der Waals surface area contributed by atoms with Gasteiger partial charge >= 0.3 is 0 Å². The summed E-state index contributed by atoms with van der Waals surface area (Å²) in [5.74, 6) is 0.366. The number of aliphatic hydroxyl groups is 1. The highest BCUT2D eigenvalue weighted by Gasteiger charge is 2.59. The van der Waals surface area contributed by atoms with E-state index >= 15 is 0 Å². The number of Topliss-reactive ketones (excluding diaryl/α,β-unsaturated/α-hetero) is 1. The molecule has 1 amide bonds. The van der Waals surface area contributed by atoms with Crippen molar-refractivity contribution in [1.29, 1.82) is 0 Å². The minimum atomic E-state index is -1.01. The molecule has 0 saturated carbocycles. The maximum atomic E-state index is 13.0. The second-order valence-corrected chi connectivity index (χ2v) is 8.65. The first kappa shape index (κ1) is 21.3. The van der Waals surface area contributed by atoms with Gasteiger partial charge in [0.2, 0.25) is 0 Å². The number of aliphatic hydroxyl groups excluding tert-OH is 1. The van der Waals surface area contributed by atoms with Gasteiger partial charge in [0.1, 0.15) is 17.6 Å². The van der Waals surface area contributed by atoms with Gasteiger partial charge in [0.25, 0.3) is 5.91 Å². The molecule has 5 heteroatoms. The third kappa shape index (κ3) is 4.02. The van der Waals surface area contributed by atoms with Crippen molar-refractivity contribution >= 4 is 11.7 Å². The predicted octanol–water partition coefficient (Wildman–Crippen LogP) is 3.48. The number of amides is 1. The van der Waals surface area contributed by atoms with E-state index in [1.54, 1.807) is 24.0 Å². The minimum Gasteiger partial charge on any atom is -0.478 e. The number of allylic oxidation sites excluding steroid dienone is 1. The van der Waals surface area contributed by atoms with Crippen LogP contribution in [0, 0.1) is 12.3 Å². The van der Waals surface area contributed by atoms with Crippen molar-refractivity contribution in [2.75, 3.05) is 6.54 Å². The summed E-state index contributed by atoms with van der Waals surface area (Å²) < 4.78 is 5.96. The second kappa shape index (κ2) is 8.67. The lowest BCUT2D eigenvalue weighted by atomic mass is 9.66. The van der Waals surface area contributed by atoms with Crippen LogP contribution in [0.5, 0.6) is 5.75 Å². The average Bonchev–Trinajstić information content (AvgIpc) is 2.76. The van der Waals surface area contributed by atoms with Crippen LogP contribution in [0.3, 0.4) is 0 Å². The minimum absolute atomic E-state index is 0.0589. The molecule has 0 aromatic heterocycles. The molecule has 2 aromatic carbocycles. The summed E-state index contributed by atoms with van der Waals surface area (Å²) in [7, 11) is 0. The first-order valence-corrected chi connectivity index (χ1v) is 10.8. The number of fused-ring (bicyclic) bond motifs is 1. The normalized spacial score (nSPS) is 28.7. The van der Waals surface area contributed by atoms with Gasteiger partial charge in [-0.2, -0.15) is 0 Å². The van der Waals surface area contributed by atoms with Gasteiger partial charge < -0.3 is 14.7 Å². The quantitative estimate of drug-likeness (QED) is 0.575. The summed E-state index contributed by atoms with van der Waals surface area (Å²) in [5, 5.41) is 11.5. The topological polar surface area (TPSA) is 66.8 Å². The molecule has 2 aliphatic rings. The monoisotopic (exact) mass is 419 g/mol. The van der Waals surface area contributed by atoms with Crippen molar-refractivity contribution in [3.05, 3.63) is 77.9 Å². The smallest absolute Gasteiger partial charge is 0.266 e. The van der Waals surface area contributed by atoms with Crippen molar-refractivity contribution in [2.45, 2.75) is 51.4 Å². The predicted molar refractivity (Wildman–Crippen MR) is 119 cm³/mol. The molecule has 162 valence electrons. The number of hydrogen-bond donors (Lipinski definition) is 1. The van der Waals surface area contributed by atoms with E-state index in [9.17, 15) is 14.7 Å². The highest BCUT2D eigenvalue weighted by atomic mass is 16.5. The van der Waals surface area contributed by atoms with Gasteiger partial charge in [-0.25, -0.2) is 0 Å². The molecule has 1 saturated heterocycles. The third-order valence-corrected chi connectivity index (χ3v) is 6.72. The molecule has 1 N–H and O–H groups in total. The van der Waals surface area contributed by atoms with Crippen molar-refractivity contribution in [2.24, 2.45) is 5.41 Å². The zero-order chi connectivity index (χ0) is 22.0. The number of nitrogens with zero attached hydrogens (tertiary/aromatic N) is 1. The summed E-state index contributed by atoms with van der Waals surface area (Å²) >= 11 is 0.